The summed E-state index contributed by atoms with van der Waals surface area (Å²) in [6, 6.07) is 3.32. The Hall–Kier alpha value is -2.64. The summed E-state index contributed by atoms with van der Waals surface area (Å²) in [5, 5.41) is 7.08. The number of H-pyrrole nitrogens is 1. The van der Waals surface area contributed by atoms with E-state index in [1.807, 2.05) is 0 Å². The molecular formula is C13H13N5O3. The summed E-state index contributed by atoms with van der Waals surface area (Å²) >= 11 is 0. The van der Waals surface area contributed by atoms with Gasteiger partial charge < -0.3 is 11.1 Å². The highest BCUT2D eigenvalue weighted by Gasteiger charge is 2.70. The maximum absolute atomic E-state index is 11.4. The number of aromatic amines is 1. The molecule has 0 spiro atoms. The first kappa shape index (κ1) is 12.1. The van der Waals surface area contributed by atoms with Gasteiger partial charge in [0.1, 0.15) is 5.82 Å². The Labute approximate surface area is 118 Å². The second-order valence-electron chi connectivity index (χ2n) is 5.92. The van der Waals surface area contributed by atoms with Crippen molar-refractivity contribution < 1.29 is 9.32 Å². The molecule has 0 unspecified atom stereocenters. The lowest BCUT2D eigenvalue weighted by molar-refractivity contribution is -0.0501. The molecule has 0 aliphatic heterocycles. The van der Waals surface area contributed by atoms with Crippen molar-refractivity contribution in [2.45, 2.75) is 30.2 Å². The van der Waals surface area contributed by atoms with Crippen LogP contribution in [0.2, 0.25) is 0 Å². The number of amides is 1. The number of anilines is 1. The standard InChI is InChI=1S/C13H13N5O3/c14-8(19)7-2-1-3-15-9(7)17-13-4-12(5-13,6-13)10-16-11(20)21-18-10/h1-3H,4-6H2,(H2,14,19)(H,15,17)(H,16,18,20). The van der Waals surface area contributed by atoms with Crippen LogP contribution in [0.4, 0.5) is 5.82 Å². The minimum Gasteiger partial charge on any atom is -0.365 e. The number of carbonyl (C=O) groups is 1. The molecule has 3 saturated carbocycles. The smallest absolute Gasteiger partial charge is 0.365 e. The van der Waals surface area contributed by atoms with Gasteiger partial charge in [-0.3, -0.25) is 14.3 Å². The summed E-state index contributed by atoms with van der Waals surface area (Å²) in [5.74, 6) is 0.0736. The molecule has 8 nitrogen and oxygen atoms in total. The molecule has 2 bridgehead atoms. The lowest BCUT2D eigenvalue weighted by atomic mass is 9.39. The molecule has 1 amide bonds. The van der Waals surface area contributed by atoms with Crippen molar-refractivity contribution in [1.82, 2.24) is 15.1 Å². The van der Waals surface area contributed by atoms with Gasteiger partial charge in [-0.2, -0.15) is 0 Å². The topological polar surface area (TPSA) is 127 Å². The predicted octanol–water partition coefficient (Wildman–Crippen LogP) is 0.143. The molecule has 21 heavy (non-hydrogen) atoms. The maximum Gasteiger partial charge on any atom is 0.438 e. The lowest BCUT2D eigenvalue weighted by Crippen LogP contribution is -2.73. The average molecular weight is 287 g/mol. The van der Waals surface area contributed by atoms with Crippen LogP contribution in [-0.2, 0) is 5.41 Å². The summed E-state index contributed by atoms with van der Waals surface area (Å²) < 4.78 is 4.56. The Morgan fingerprint density at radius 3 is 2.81 bits per heavy atom. The van der Waals surface area contributed by atoms with Crippen LogP contribution in [0.1, 0.15) is 35.4 Å². The van der Waals surface area contributed by atoms with Gasteiger partial charge in [-0.15, -0.1) is 0 Å². The van der Waals surface area contributed by atoms with Crippen LogP contribution in [0, 0.1) is 0 Å². The van der Waals surface area contributed by atoms with Gasteiger partial charge in [0, 0.05) is 17.2 Å². The van der Waals surface area contributed by atoms with E-state index < -0.39 is 11.7 Å². The van der Waals surface area contributed by atoms with Gasteiger partial charge in [0.2, 0.25) is 0 Å². The zero-order valence-corrected chi connectivity index (χ0v) is 11.0. The van der Waals surface area contributed by atoms with E-state index in [2.05, 4.69) is 25.0 Å². The molecule has 0 aromatic carbocycles. The predicted molar refractivity (Wildman–Crippen MR) is 71.8 cm³/mol. The first-order valence-electron chi connectivity index (χ1n) is 6.62. The SMILES string of the molecule is NC(=O)c1cccnc1NC12CC(c3noc(=O)[nH]3)(C1)C2. The number of nitrogens with one attached hydrogen (secondary N) is 2. The number of carbonyl (C=O) groups excluding carboxylic acids is 1. The zero-order valence-electron chi connectivity index (χ0n) is 11.0. The number of pyridine rings is 1. The monoisotopic (exact) mass is 287 g/mol. The lowest BCUT2D eigenvalue weighted by Gasteiger charge is -2.69. The summed E-state index contributed by atoms with van der Waals surface area (Å²) in [7, 11) is 0. The molecule has 0 atom stereocenters. The second kappa shape index (κ2) is 3.72. The molecule has 108 valence electrons. The van der Waals surface area contributed by atoms with Crippen molar-refractivity contribution in [3.63, 3.8) is 0 Å². The first-order chi connectivity index (χ1) is 10.0. The fourth-order valence-corrected chi connectivity index (χ4v) is 3.59. The van der Waals surface area contributed by atoms with E-state index >= 15 is 0 Å². The number of hydrogen-bond acceptors (Lipinski definition) is 6. The van der Waals surface area contributed by atoms with Gasteiger partial charge in [-0.05, 0) is 31.4 Å². The van der Waals surface area contributed by atoms with E-state index in [4.69, 9.17) is 5.73 Å². The van der Waals surface area contributed by atoms with Crippen LogP contribution in [0.25, 0.3) is 0 Å². The van der Waals surface area contributed by atoms with Crippen molar-refractivity contribution in [3.8, 4) is 0 Å². The Balaban J connectivity index is 1.53. The molecule has 2 aromatic rings. The third-order valence-corrected chi connectivity index (χ3v) is 4.43. The van der Waals surface area contributed by atoms with Crippen LogP contribution in [0.5, 0.6) is 0 Å². The van der Waals surface area contributed by atoms with Gasteiger partial charge in [0.25, 0.3) is 5.91 Å². The van der Waals surface area contributed by atoms with Crippen molar-refractivity contribution in [2.24, 2.45) is 5.73 Å². The van der Waals surface area contributed by atoms with Crippen molar-refractivity contribution in [1.29, 1.82) is 0 Å². The number of nitrogens with zero attached hydrogens (tertiary/aromatic N) is 2. The third kappa shape index (κ3) is 1.61. The maximum atomic E-state index is 11.4. The summed E-state index contributed by atoms with van der Waals surface area (Å²) in [6.07, 6.45) is 4.07. The molecule has 2 aromatic heterocycles. The number of hydrogen-bond donors (Lipinski definition) is 3. The molecule has 3 aliphatic carbocycles. The fraction of sp³-hybridized carbons (Fsp3) is 0.385. The van der Waals surface area contributed by atoms with Crippen molar-refractivity contribution in [3.05, 3.63) is 40.3 Å². The second-order valence-corrected chi connectivity index (χ2v) is 5.92. The highest BCUT2D eigenvalue weighted by molar-refractivity contribution is 5.97. The number of rotatable bonds is 4. The van der Waals surface area contributed by atoms with Crippen LogP contribution >= 0.6 is 0 Å². The van der Waals surface area contributed by atoms with Gasteiger partial charge in [0.15, 0.2) is 5.82 Å². The minimum atomic E-state index is -0.530. The van der Waals surface area contributed by atoms with E-state index in [0.717, 1.165) is 19.3 Å². The van der Waals surface area contributed by atoms with Crippen LogP contribution in [-0.4, -0.2) is 26.6 Å². The highest BCUT2D eigenvalue weighted by Crippen LogP contribution is 2.68. The largest absolute Gasteiger partial charge is 0.438 e. The number of aromatic nitrogens is 3. The molecule has 2 heterocycles. The highest BCUT2D eigenvalue weighted by atomic mass is 16.5. The van der Waals surface area contributed by atoms with Crippen molar-refractivity contribution in [2.75, 3.05) is 5.32 Å². The Bertz CT molecular complexity index is 773. The molecule has 8 heteroatoms. The Kier molecular flexibility index (Phi) is 2.15. The van der Waals surface area contributed by atoms with Gasteiger partial charge in [-0.1, -0.05) is 5.16 Å². The molecule has 0 radical (unpaired) electrons. The molecule has 5 rings (SSSR count). The number of nitrogens with two attached hydrogens (primary N) is 1. The van der Waals surface area contributed by atoms with Crippen LogP contribution in [0.15, 0.2) is 27.6 Å². The zero-order chi connectivity index (χ0) is 14.7. The normalized spacial score (nSPS) is 29.3. The quantitative estimate of drug-likeness (QED) is 0.734. The molecular weight excluding hydrogens is 274 g/mol. The van der Waals surface area contributed by atoms with E-state index in [1.165, 1.54) is 0 Å². The Morgan fingerprint density at radius 2 is 2.19 bits per heavy atom. The summed E-state index contributed by atoms with van der Waals surface area (Å²) in [5.41, 5.74) is 5.51. The van der Waals surface area contributed by atoms with E-state index in [1.54, 1.807) is 18.3 Å². The molecule has 3 fully saturated rings. The molecule has 0 saturated heterocycles. The van der Waals surface area contributed by atoms with Crippen molar-refractivity contribution >= 4 is 11.7 Å². The minimum absolute atomic E-state index is 0.103. The van der Waals surface area contributed by atoms with Crippen LogP contribution in [0.3, 0.4) is 0 Å². The molecule has 4 N–H and O–H groups in total. The number of primary amides is 1. The van der Waals surface area contributed by atoms with Gasteiger partial charge in [-0.25, -0.2) is 9.78 Å². The first-order valence-corrected chi connectivity index (χ1v) is 6.62. The summed E-state index contributed by atoms with van der Waals surface area (Å²) in [6.45, 7) is 0. The average Bonchev–Trinajstić information content (AvgIpc) is 2.78. The van der Waals surface area contributed by atoms with Gasteiger partial charge >= 0.3 is 5.76 Å². The van der Waals surface area contributed by atoms with E-state index in [0.29, 0.717) is 17.2 Å². The van der Waals surface area contributed by atoms with E-state index in [-0.39, 0.29) is 11.0 Å². The summed E-state index contributed by atoms with van der Waals surface area (Å²) in [4.78, 5) is 29.2. The van der Waals surface area contributed by atoms with Gasteiger partial charge in [0.05, 0.1) is 5.56 Å². The fourth-order valence-electron chi connectivity index (χ4n) is 3.59. The third-order valence-electron chi connectivity index (χ3n) is 4.43. The van der Waals surface area contributed by atoms with Crippen LogP contribution < -0.4 is 16.8 Å². The Morgan fingerprint density at radius 1 is 1.43 bits per heavy atom. The van der Waals surface area contributed by atoms with E-state index in [9.17, 15) is 9.59 Å². The molecule has 3 aliphatic rings.